The second-order valence-corrected chi connectivity index (χ2v) is 8.64. The monoisotopic (exact) mass is 544 g/mol. The van der Waals surface area contributed by atoms with Crippen molar-refractivity contribution in [2.24, 2.45) is 10.9 Å². The van der Waals surface area contributed by atoms with Gasteiger partial charge in [-0.05, 0) is 50.3 Å². The summed E-state index contributed by atoms with van der Waals surface area (Å²) in [6.45, 7) is 9.61. The third kappa shape index (κ3) is 9.63. The molecule has 6 nitrogen and oxygen atoms in total. The number of rotatable bonds is 10. The van der Waals surface area contributed by atoms with Crippen LogP contribution in [0, 0.1) is 5.92 Å². The number of piperidine rings is 1. The lowest BCUT2D eigenvalue weighted by Crippen LogP contribution is -2.37. The molecule has 2 aliphatic heterocycles. The molecule has 2 unspecified atom stereocenters. The van der Waals surface area contributed by atoms with Crippen molar-refractivity contribution in [2.75, 3.05) is 46.6 Å². The number of halogens is 1. The van der Waals surface area contributed by atoms with Gasteiger partial charge in [0.25, 0.3) is 0 Å². The van der Waals surface area contributed by atoms with E-state index in [0.29, 0.717) is 12.0 Å². The summed E-state index contributed by atoms with van der Waals surface area (Å²) in [5.74, 6) is 1.42. The average molecular weight is 545 g/mol. The third-order valence-electron chi connectivity index (χ3n) is 6.17. The SMILES string of the molecule is CN=C(NCCCOCC1CCOC1)NCc1ccc(CN2CCCCC2C)cc1.I. The summed E-state index contributed by atoms with van der Waals surface area (Å²) in [6.07, 6.45) is 6.14. The van der Waals surface area contributed by atoms with Crippen LogP contribution in [0.2, 0.25) is 0 Å². The van der Waals surface area contributed by atoms with Crippen LogP contribution in [0.1, 0.15) is 50.2 Å². The lowest BCUT2D eigenvalue weighted by atomic mass is 10.0. The number of likely N-dealkylation sites (tertiary alicyclic amines) is 1. The fourth-order valence-electron chi connectivity index (χ4n) is 4.14. The van der Waals surface area contributed by atoms with E-state index in [9.17, 15) is 0 Å². The van der Waals surface area contributed by atoms with Gasteiger partial charge in [0, 0.05) is 51.9 Å². The molecule has 0 amide bonds. The zero-order valence-corrected chi connectivity index (χ0v) is 21.6. The Bertz CT molecular complexity index is 635. The second kappa shape index (κ2) is 15.0. The molecule has 0 spiro atoms. The number of benzene rings is 1. The lowest BCUT2D eigenvalue weighted by molar-refractivity contribution is 0.0888. The maximum absolute atomic E-state index is 5.75. The summed E-state index contributed by atoms with van der Waals surface area (Å²) < 4.78 is 11.1. The third-order valence-corrected chi connectivity index (χ3v) is 6.17. The molecule has 1 aromatic carbocycles. The first-order valence-corrected chi connectivity index (χ1v) is 11.7. The van der Waals surface area contributed by atoms with Crippen LogP contribution in [0.15, 0.2) is 29.3 Å². The van der Waals surface area contributed by atoms with Crippen molar-refractivity contribution in [2.45, 2.75) is 58.2 Å². The standard InChI is InChI=1S/C24H40N4O2.HI/c1-20-6-3-4-13-28(20)17-22-9-7-21(8-10-22)16-27-24(25-2)26-12-5-14-29-18-23-11-15-30-19-23;/h7-10,20,23H,3-6,11-19H2,1-2H3,(H2,25,26,27);1H. The summed E-state index contributed by atoms with van der Waals surface area (Å²) in [5.41, 5.74) is 2.68. The number of ether oxygens (including phenoxy) is 2. The van der Waals surface area contributed by atoms with Crippen LogP contribution in [0.3, 0.4) is 0 Å². The molecule has 0 aliphatic carbocycles. The van der Waals surface area contributed by atoms with Crippen LogP contribution >= 0.6 is 24.0 Å². The highest BCUT2D eigenvalue weighted by Crippen LogP contribution is 2.19. The Morgan fingerprint density at radius 2 is 1.97 bits per heavy atom. The molecule has 0 aromatic heterocycles. The fraction of sp³-hybridized carbons (Fsp3) is 0.708. The van der Waals surface area contributed by atoms with Gasteiger partial charge in [-0.1, -0.05) is 30.7 Å². The summed E-state index contributed by atoms with van der Waals surface area (Å²) in [6, 6.07) is 9.69. The molecule has 7 heteroatoms. The molecule has 3 rings (SSSR count). The van der Waals surface area contributed by atoms with Crippen molar-refractivity contribution >= 4 is 29.9 Å². The number of hydrogen-bond acceptors (Lipinski definition) is 4. The van der Waals surface area contributed by atoms with Crippen molar-refractivity contribution in [1.29, 1.82) is 0 Å². The number of hydrogen-bond donors (Lipinski definition) is 2. The number of guanidine groups is 1. The molecular weight excluding hydrogens is 503 g/mol. The molecule has 2 heterocycles. The Morgan fingerprint density at radius 3 is 2.68 bits per heavy atom. The largest absolute Gasteiger partial charge is 0.381 e. The molecule has 2 fully saturated rings. The molecule has 2 aliphatic rings. The van der Waals surface area contributed by atoms with Gasteiger partial charge < -0.3 is 20.1 Å². The molecule has 31 heavy (non-hydrogen) atoms. The van der Waals surface area contributed by atoms with Gasteiger partial charge in [-0.3, -0.25) is 9.89 Å². The molecule has 0 radical (unpaired) electrons. The van der Waals surface area contributed by atoms with Crippen LogP contribution in [0.5, 0.6) is 0 Å². The van der Waals surface area contributed by atoms with Crippen LogP contribution < -0.4 is 10.6 Å². The van der Waals surface area contributed by atoms with Gasteiger partial charge in [-0.25, -0.2) is 0 Å². The van der Waals surface area contributed by atoms with Gasteiger partial charge in [0.1, 0.15) is 0 Å². The zero-order chi connectivity index (χ0) is 21.0. The van der Waals surface area contributed by atoms with E-state index in [-0.39, 0.29) is 24.0 Å². The van der Waals surface area contributed by atoms with E-state index in [2.05, 4.69) is 51.7 Å². The highest BCUT2D eigenvalue weighted by Gasteiger charge is 2.18. The predicted octanol–water partition coefficient (Wildman–Crippen LogP) is 3.79. The van der Waals surface area contributed by atoms with Crippen molar-refractivity contribution in [3.05, 3.63) is 35.4 Å². The maximum atomic E-state index is 5.75. The Hall–Kier alpha value is -0.900. The normalized spacial score (nSPS) is 22.2. The van der Waals surface area contributed by atoms with E-state index in [4.69, 9.17) is 9.47 Å². The molecule has 2 saturated heterocycles. The van der Waals surface area contributed by atoms with E-state index in [1.807, 2.05) is 7.05 Å². The molecule has 1 aromatic rings. The van der Waals surface area contributed by atoms with Crippen molar-refractivity contribution in [1.82, 2.24) is 15.5 Å². The number of nitrogens with zero attached hydrogens (tertiary/aromatic N) is 2. The second-order valence-electron chi connectivity index (χ2n) is 8.64. The van der Waals surface area contributed by atoms with Crippen LogP contribution in [-0.4, -0.2) is 63.5 Å². The van der Waals surface area contributed by atoms with Gasteiger partial charge >= 0.3 is 0 Å². The number of nitrogens with one attached hydrogen (secondary N) is 2. The minimum Gasteiger partial charge on any atom is -0.381 e. The zero-order valence-electron chi connectivity index (χ0n) is 19.3. The number of aliphatic imine (C=N–C) groups is 1. The van der Waals surface area contributed by atoms with Gasteiger partial charge in [0.15, 0.2) is 5.96 Å². The highest BCUT2D eigenvalue weighted by atomic mass is 127. The molecule has 176 valence electrons. The molecule has 2 N–H and O–H groups in total. The molecule has 0 saturated carbocycles. The van der Waals surface area contributed by atoms with Crippen LogP contribution in [0.4, 0.5) is 0 Å². The molecule has 0 bridgehead atoms. The van der Waals surface area contributed by atoms with Gasteiger partial charge in [0.05, 0.1) is 13.2 Å². The van der Waals surface area contributed by atoms with Crippen molar-refractivity contribution in [3.8, 4) is 0 Å². The van der Waals surface area contributed by atoms with Gasteiger partial charge in [0.2, 0.25) is 0 Å². The Balaban J connectivity index is 0.00000341. The van der Waals surface area contributed by atoms with Crippen molar-refractivity contribution in [3.63, 3.8) is 0 Å². The summed E-state index contributed by atoms with van der Waals surface area (Å²) in [7, 11) is 1.81. The van der Waals surface area contributed by atoms with Crippen LogP contribution in [-0.2, 0) is 22.6 Å². The average Bonchev–Trinajstić information content (AvgIpc) is 3.29. The Kier molecular flexibility index (Phi) is 12.8. The topological polar surface area (TPSA) is 58.1 Å². The first-order chi connectivity index (χ1) is 14.7. The Morgan fingerprint density at radius 1 is 1.16 bits per heavy atom. The summed E-state index contributed by atoms with van der Waals surface area (Å²) in [4.78, 5) is 6.92. The van der Waals surface area contributed by atoms with E-state index >= 15 is 0 Å². The van der Waals surface area contributed by atoms with E-state index in [1.54, 1.807) is 0 Å². The summed E-state index contributed by atoms with van der Waals surface area (Å²) in [5, 5.41) is 6.77. The first-order valence-electron chi connectivity index (χ1n) is 11.7. The van der Waals surface area contributed by atoms with E-state index in [0.717, 1.165) is 64.9 Å². The summed E-state index contributed by atoms with van der Waals surface area (Å²) >= 11 is 0. The smallest absolute Gasteiger partial charge is 0.191 e. The highest BCUT2D eigenvalue weighted by molar-refractivity contribution is 14.0. The van der Waals surface area contributed by atoms with Crippen LogP contribution in [0.25, 0.3) is 0 Å². The van der Waals surface area contributed by atoms with Gasteiger partial charge in [-0.15, -0.1) is 24.0 Å². The fourth-order valence-corrected chi connectivity index (χ4v) is 4.14. The minimum absolute atomic E-state index is 0. The van der Waals surface area contributed by atoms with Gasteiger partial charge in [-0.2, -0.15) is 0 Å². The Labute approximate surface area is 205 Å². The first kappa shape index (κ1) is 26.4. The quantitative estimate of drug-likeness (QED) is 0.203. The van der Waals surface area contributed by atoms with E-state index in [1.165, 1.54) is 36.9 Å². The predicted molar refractivity (Wildman–Crippen MR) is 138 cm³/mol. The molecular formula is C24H41IN4O2. The molecule has 2 atom stereocenters. The maximum Gasteiger partial charge on any atom is 0.191 e. The lowest BCUT2D eigenvalue weighted by Gasteiger charge is -2.33. The van der Waals surface area contributed by atoms with Crippen molar-refractivity contribution < 1.29 is 9.47 Å². The minimum atomic E-state index is 0. The van der Waals surface area contributed by atoms with E-state index < -0.39 is 0 Å².